The van der Waals surface area contributed by atoms with Crippen molar-refractivity contribution in [3.8, 4) is 22.5 Å². The lowest BCUT2D eigenvalue weighted by atomic mass is 9.91. The monoisotopic (exact) mass is 1190 g/mol. The SMILES string of the molecule is C.C.CC(C)(C)OC(=O)N[C@H]1CCC[C@@H](Nc2ncc(Cl)c(-c3cn(S(=O)(=O)c4ccccc4)c4ccccc34)n2)C1.[C-]#[N+]c1cnc(N[C@@H]2CCC[C@H](NC(=O)OC(C)(C)C)C2)nc1-c1cn(S(=O)(=O)c2ccccc2)c2ccccc12. The molecule has 0 radical (unpaired) electrons. The molecule has 0 saturated heterocycles. The van der Waals surface area contributed by atoms with Gasteiger partial charge in [-0.05, 0) is 129 Å². The van der Waals surface area contributed by atoms with Crippen molar-refractivity contribution in [3.05, 3.63) is 150 Å². The molecule has 4 heterocycles. The third-order valence-electron chi connectivity index (χ3n) is 13.6. The lowest BCUT2D eigenvalue weighted by Gasteiger charge is -2.31. The van der Waals surface area contributed by atoms with Crippen LogP contribution < -0.4 is 21.3 Å². The van der Waals surface area contributed by atoms with Crippen LogP contribution in [0.4, 0.5) is 27.2 Å². The number of benzene rings is 4. The van der Waals surface area contributed by atoms with Crippen molar-refractivity contribution in [1.82, 2.24) is 38.5 Å². The largest absolute Gasteiger partial charge is 0.444 e. The van der Waals surface area contributed by atoms with Crippen LogP contribution in [0.1, 0.15) is 108 Å². The van der Waals surface area contributed by atoms with E-state index in [4.69, 9.17) is 37.6 Å². The molecule has 2 saturated carbocycles. The molecule has 22 heteroatoms. The lowest BCUT2D eigenvalue weighted by Crippen LogP contribution is -2.44. The normalized spacial score (nSPS) is 17.3. The van der Waals surface area contributed by atoms with Gasteiger partial charge in [-0.25, -0.2) is 59.2 Å². The van der Waals surface area contributed by atoms with E-state index in [-0.39, 0.29) is 54.5 Å². The molecule has 10 rings (SSSR count). The Morgan fingerprint density at radius 1 is 0.578 bits per heavy atom. The average molecular weight is 1190 g/mol. The summed E-state index contributed by atoms with van der Waals surface area (Å²) in [6, 6.07) is 30.8. The van der Waals surface area contributed by atoms with Gasteiger partial charge in [0.05, 0.1) is 50.0 Å². The lowest BCUT2D eigenvalue weighted by molar-refractivity contribution is 0.0479. The van der Waals surface area contributed by atoms with Crippen molar-refractivity contribution in [2.24, 2.45) is 0 Å². The molecule has 4 aromatic heterocycles. The van der Waals surface area contributed by atoms with Gasteiger partial charge in [0.2, 0.25) is 17.6 Å². The third kappa shape index (κ3) is 15.0. The predicted molar refractivity (Wildman–Crippen MR) is 327 cm³/mol. The maximum Gasteiger partial charge on any atom is 0.407 e. The molecule has 0 spiro atoms. The molecule has 2 amide bonds. The number of hydrogen-bond donors (Lipinski definition) is 4. The number of fused-ring (bicyclic) bond motifs is 2. The molecule has 2 aliphatic carbocycles. The van der Waals surface area contributed by atoms with Gasteiger partial charge in [-0.1, -0.05) is 99.3 Å². The maximum atomic E-state index is 13.6. The molecule has 438 valence electrons. The van der Waals surface area contributed by atoms with Gasteiger partial charge in [0, 0.05) is 64.7 Å². The summed E-state index contributed by atoms with van der Waals surface area (Å²) in [7, 11) is -7.75. The number of anilines is 2. The van der Waals surface area contributed by atoms with Gasteiger partial charge in [0.25, 0.3) is 20.0 Å². The highest BCUT2D eigenvalue weighted by molar-refractivity contribution is 7.90. The molecule has 2 aliphatic rings. The summed E-state index contributed by atoms with van der Waals surface area (Å²) in [5, 5.41) is 14.3. The van der Waals surface area contributed by atoms with E-state index in [9.17, 15) is 26.4 Å². The van der Waals surface area contributed by atoms with Gasteiger partial charge in [-0.3, -0.25) is 0 Å². The summed E-state index contributed by atoms with van der Waals surface area (Å²) >= 11 is 6.57. The summed E-state index contributed by atoms with van der Waals surface area (Å²) in [6.07, 6.45) is 11.8. The number of halogens is 1. The number of carbonyl (C=O) groups is 2. The molecule has 4 atom stereocenters. The Hall–Kier alpha value is -8.06. The molecule has 0 aliphatic heterocycles. The highest BCUT2D eigenvalue weighted by Crippen LogP contribution is 2.39. The van der Waals surface area contributed by atoms with Crippen molar-refractivity contribution >= 4 is 83.2 Å². The Morgan fingerprint density at radius 3 is 1.40 bits per heavy atom. The minimum Gasteiger partial charge on any atom is -0.444 e. The molecule has 83 heavy (non-hydrogen) atoms. The van der Waals surface area contributed by atoms with Crippen molar-refractivity contribution in [2.75, 3.05) is 10.6 Å². The molecule has 4 aromatic carbocycles. The van der Waals surface area contributed by atoms with Crippen LogP contribution in [-0.2, 0) is 29.5 Å². The van der Waals surface area contributed by atoms with Crippen LogP contribution in [0.5, 0.6) is 0 Å². The molecule has 4 N–H and O–H groups in total. The number of carbonyl (C=O) groups excluding carboxylic acids is 2. The Bertz CT molecular complexity index is 3860. The second-order valence-corrected chi connectivity index (χ2v) is 26.0. The van der Waals surface area contributed by atoms with Crippen LogP contribution in [0.25, 0.3) is 49.2 Å². The van der Waals surface area contributed by atoms with E-state index in [2.05, 4.69) is 36.1 Å². The first-order valence-corrected chi connectivity index (χ1v) is 29.9. The maximum absolute atomic E-state index is 13.6. The van der Waals surface area contributed by atoms with Crippen LogP contribution in [0, 0.1) is 6.57 Å². The summed E-state index contributed by atoms with van der Waals surface area (Å²) in [5.41, 5.74) is 1.95. The topological polar surface area (TPSA) is 235 Å². The van der Waals surface area contributed by atoms with Gasteiger partial charge < -0.3 is 30.7 Å². The average Bonchev–Trinajstić information content (AvgIpc) is 3.16. The van der Waals surface area contributed by atoms with Gasteiger partial charge in [0.1, 0.15) is 11.2 Å². The smallest absolute Gasteiger partial charge is 0.407 e. The van der Waals surface area contributed by atoms with Gasteiger partial charge in [-0.15, -0.1) is 0 Å². The number of alkyl carbamates (subject to hydrolysis) is 2. The van der Waals surface area contributed by atoms with E-state index < -0.39 is 43.4 Å². The van der Waals surface area contributed by atoms with Crippen LogP contribution in [0.15, 0.2) is 144 Å². The zero-order valence-electron chi connectivity index (χ0n) is 45.8. The number of para-hydroxylation sites is 2. The van der Waals surface area contributed by atoms with Crippen molar-refractivity contribution in [2.45, 2.75) is 153 Å². The molecular weight excluding hydrogens is 1110 g/mol. The van der Waals surface area contributed by atoms with E-state index in [1.807, 2.05) is 65.8 Å². The molecule has 8 aromatic rings. The van der Waals surface area contributed by atoms with E-state index in [1.54, 1.807) is 91.1 Å². The van der Waals surface area contributed by atoms with Crippen LogP contribution in [0.3, 0.4) is 0 Å². The quantitative estimate of drug-likeness (QED) is 0.0833. The van der Waals surface area contributed by atoms with Gasteiger partial charge in [0.15, 0.2) is 0 Å². The Labute approximate surface area is 491 Å². The first-order valence-electron chi connectivity index (χ1n) is 26.7. The van der Waals surface area contributed by atoms with Gasteiger partial charge in [-0.2, -0.15) is 0 Å². The van der Waals surface area contributed by atoms with Crippen molar-refractivity contribution in [1.29, 1.82) is 0 Å². The van der Waals surface area contributed by atoms with E-state index >= 15 is 0 Å². The zero-order chi connectivity index (χ0) is 57.7. The molecule has 19 nitrogen and oxygen atoms in total. The number of ether oxygens (including phenoxy) is 2. The summed E-state index contributed by atoms with van der Waals surface area (Å²) in [6.45, 7) is 18.7. The fraction of sp³-hybridized carbons (Fsp3) is 0.361. The molecule has 2 fully saturated rings. The number of hydrogen-bond acceptors (Lipinski definition) is 14. The van der Waals surface area contributed by atoms with E-state index in [0.29, 0.717) is 74.1 Å². The van der Waals surface area contributed by atoms with Crippen LogP contribution >= 0.6 is 11.6 Å². The van der Waals surface area contributed by atoms with Crippen LogP contribution in [-0.4, -0.2) is 92.3 Å². The standard InChI is InChI=1S/C30H32N6O4S.C29H32ClN5O4S.2CH4/c1-30(2,3)40-29(37)34-21-12-10-11-20(17-21)33-28-32-18-25(31-4)27(35-28)24-19-36(26-16-9-8-15-23(24)26)41(38,39)22-13-6-5-7-14-22;1-29(2,3)39-28(36)33-20-11-9-10-19(16-20)32-27-31-17-24(30)26(34-27)23-18-35(25-15-8-7-14-22(23)25)40(37,38)21-12-5-4-6-13-21;;/h5-9,13-16,18-21H,10-12,17H2,1-3H3,(H,34,37)(H,32,33,35);4-8,12-15,17-20H,9-11,16H2,1-3H3,(H,33,36)(H,31,32,34);2*1H4/t20-,21+;19-,20+;;/m11../s1. The highest BCUT2D eigenvalue weighted by Gasteiger charge is 2.30. The summed E-state index contributed by atoms with van der Waals surface area (Å²) in [5.74, 6) is 0.711. The van der Waals surface area contributed by atoms with Gasteiger partial charge >= 0.3 is 12.2 Å². The summed E-state index contributed by atoms with van der Waals surface area (Å²) in [4.78, 5) is 46.7. The second-order valence-electron chi connectivity index (χ2n) is 22.0. The highest BCUT2D eigenvalue weighted by atomic mass is 35.5. The molecule has 0 bridgehead atoms. The fourth-order valence-electron chi connectivity index (χ4n) is 10.1. The van der Waals surface area contributed by atoms with E-state index in [1.165, 1.54) is 26.5 Å². The molecular formula is C61H72ClN11O8S2. The van der Waals surface area contributed by atoms with Crippen LogP contribution in [0.2, 0.25) is 5.02 Å². The minimum absolute atomic E-state index is 0. The Balaban J connectivity index is 0.000000233. The first-order chi connectivity index (χ1) is 38.6. The number of rotatable bonds is 12. The van der Waals surface area contributed by atoms with E-state index in [0.717, 1.165) is 38.5 Å². The number of nitrogens with one attached hydrogen (secondary N) is 4. The number of nitrogens with zero attached hydrogens (tertiary/aromatic N) is 7. The number of aromatic nitrogens is 6. The fourth-order valence-corrected chi connectivity index (χ4v) is 13.0. The minimum atomic E-state index is -3.90. The third-order valence-corrected chi connectivity index (χ3v) is 17.2. The Morgan fingerprint density at radius 2 is 0.964 bits per heavy atom. The predicted octanol–water partition coefficient (Wildman–Crippen LogP) is 13.6. The number of amides is 2. The van der Waals surface area contributed by atoms with Crippen molar-refractivity contribution in [3.63, 3.8) is 0 Å². The summed E-state index contributed by atoms with van der Waals surface area (Å²) < 4.78 is 67.6. The second kappa shape index (κ2) is 26.0. The first kappa shape index (κ1) is 62.5. The van der Waals surface area contributed by atoms with Crippen molar-refractivity contribution < 1.29 is 35.9 Å². The Kier molecular flexibility index (Phi) is 19.6. The molecule has 0 unspecified atom stereocenters. The zero-order valence-corrected chi connectivity index (χ0v) is 48.1.